The number of amides is 1. The lowest BCUT2D eigenvalue weighted by atomic mass is 10.1. The van der Waals surface area contributed by atoms with Gasteiger partial charge in [-0.05, 0) is 42.8 Å². The van der Waals surface area contributed by atoms with Gasteiger partial charge >= 0.3 is 0 Å². The van der Waals surface area contributed by atoms with Gasteiger partial charge < -0.3 is 9.47 Å². The zero-order chi connectivity index (χ0) is 24.5. The number of rotatable bonds is 5. The highest BCUT2D eigenvalue weighted by atomic mass is 32.2. The van der Waals surface area contributed by atoms with Crippen LogP contribution in [0.1, 0.15) is 21.5 Å². The van der Waals surface area contributed by atoms with Gasteiger partial charge in [0, 0.05) is 32.4 Å². The summed E-state index contributed by atoms with van der Waals surface area (Å²) in [4.78, 5) is 26.6. The summed E-state index contributed by atoms with van der Waals surface area (Å²) < 4.78 is 55.5. The van der Waals surface area contributed by atoms with Crippen LogP contribution in [0.3, 0.4) is 0 Å². The molecule has 0 atom stereocenters. The molecule has 2 aromatic carbocycles. The summed E-state index contributed by atoms with van der Waals surface area (Å²) in [6.07, 6.45) is 1.61. The van der Waals surface area contributed by atoms with Crippen LogP contribution in [-0.2, 0) is 16.6 Å². The Hall–Kier alpha value is -3.37. The van der Waals surface area contributed by atoms with E-state index in [1.165, 1.54) is 15.5 Å². The van der Waals surface area contributed by atoms with Crippen molar-refractivity contribution in [3.8, 4) is 0 Å². The Labute approximate surface area is 195 Å². The molecule has 0 N–H and O–H groups in total. The number of halogens is 2. The van der Waals surface area contributed by atoms with E-state index in [9.17, 15) is 26.8 Å². The van der Waals surface area contributed by atoms with Crippen LogP contribution in [-0.4, -0.2) is 54.3 Å². The quantitative estimate of drug-likeness (QED) is 0.554. The number of pyridine rings is 1. The second-order valence-electron chi connectivity index (χ2n) is 8.12. The summed E-state index contributed by atoms with van der Waals surface area (Å²) in [6.45, 7) is 2.09. The molecule has 4 rings (SSSR count). The zero-order valence-electron chi connectivity index (χ0n) is 18.4. The minimum Gasteiger partial charge on any atom is -0.336 e. The van der Waals surface area contributed by atoms with Crippen LogP contribution >= 0.6 is 0 Å². The summed E-state index contributed by atoms with van der Waals surface area (Å²) in [7, 11) is -4.27. The summed E-state index contributed by atoms with van der Waals surface area (Å²) in [6, 6.07) is 13.0. The van der Waals surface area contributed by atoms with Gasteiger partial charge in [0.1, 0.15) is 22.1 Å². The van der Waals surface area contributed by atoms with Crippen molar-refractivity contribution >= 4 is 15.9 Å². The maximum absolute atomic E-state index is 14.0. The van der Waals surface area contributed by atoms with Crippen LogP contribution in [0.15, 0.2) is 70.5 Å². The van der Waals surface area contributed by atoms with Crippen LogP contribution in [0.5, 0.6) is 0 Å². The first-order valence-electron chi connectivity index (χ1n) is 10.7. The fourth-order valence-corrected chi connectivity index (χ4v) is 5.45. The zero-order valence-corrected chi connectivity index (χ0v) is 19.3. The van der Waals surface area contributed by atoms with Crippen molar-refractivity contribution in [2.24, 2.45) is 0 Å². The molecule has 0 bridgehead atoms. The molecule has 0 unspecified atom stereocenters. The number of benzene rings is 2. The Balaban J connectivity index is 1.49. The minimum atomic E-state index is -4.27. The Bertz CT molecular complexity index is 1400. The molecule has 2 heterocycles. The van der Waals surface area contributed by atoms with Gasteiger partial charge in [0.2, 0.25) is 10.0 Å². The Morgan fingerprint density at radius 1 is 0.971 bits per heavy atom. The average molecular weight is 488 g/mol. The van der Waals surface area contributed by atoms with E-state index in [0.717, 1.165) is 27.6 Å². The highest BCUT2D eigenvalue weighted by Gasteiger charge is 2.33. The molecule has 1 aliphatic rings. The summed E-state index contributed by atoms with van der Waals surface area (Å²) in [5.41, 5.74) is 1.53. The molecule has 1 amide bonds. The number of nitrogens with zero attached hydrogens (tertiary/aromatic N) is 3. The smallest absolute Gasteiger partial charge is 0.263 e. The highest BCUT2D eigenvalue weighted by Crippen LogP contribution is 2.22. The molecule has 0 radical (unpaired) electrons. The van der Waals surface area contributed by atoms with Crippen LogP contribution in [0.4, 0.5) is 8.78 Å². The van der Waals surface area contributed by atoms with E-state index in [-0.39, 0.29) is 31.7 Å². The molecule has 1 aliphatic heterocycles. The number of aromatic nitrogens is 1. The fourth-order valence-electron chi connectivity index (χ4n) is 3.95. The number of carbonyl (C=O) groups is 1. The number of carbonyl (C=O) groups excluding carboxylic acids is 1. The summed E-state index contributed by atoms with van der Waals surface area (Å²) in [5.74, 6) is -2.41. The monoisotopic (exact) mass is 487 g/mol. The predicted octanol–water partition coefficient (Wildman–Crippen LogP) is 2.63. The Kier molecular flexibility index (Phi) is 6.63. The average Bonchev–Trinajstić information content (AvgIpc) is 2.81. The fraction of sp³-hybridized carbons (Fsp3) is 0.250. The number of piperazine rings is 1. The van der Waals surface area contributed by atoms with E-state index in [2.05, 4.69) is 0 Å². The molecule has 178 valence electrons. The second kappa shape index (κ2) is 9.47. The van der Waals surface area contributed by atoms with Gasteiger partial charge in [0.05, 0.1) is 6.54 Å². The molecule has 1 fully saturated rings. The molecule has 7 nitrogen and oxygen atoms in total. The molecule has 1 saturated heterocycles. The van der Waals surface area contributed by atoms with E-state index in [1.807, 2.05) is 31.2 Å². The third-order valence-electron chi connectivity index (χ3n) is 5.72. The summed E-state index contributed by atoms with van der Waals surface area (Å²) >= 11 is 0. The first-order chi connectivity index (χ1) is 16.2. The Morgan fingerprint density at radius 3 is 2.41 bits per heavy atom. The molecule has 0 aliphatic carbocycles. The topological polar surface area (TPSA) is 79.7 Å². The van der Waals surface area contributed by atoms with E-state index < -0.39 is 38.0 Å². The third kappa shape index (κ3) is 4.78. The van der Waals surface area contributed by atoms with E-state index >= 15 is 0 Å². The van der Waals surface area contributed by atoms with Crippen molar-refractivity contribution in [1.29, 1.82) is 0 Å². The molecule has 0 spiro atoms. The lowest BCUT2D eigenvalue weighted by molar-refractivity contribution is 0.0695. The minimum absolute atomic E-state index is 0.0114. The normalized spacial score (nSPS) is 14.9. The predicted molar refractivity (Wildman–Crippen MR) is 122 cm³/mol. The maximum atomic E-state index is 14.0. The largest absolute Gasteiger partial charge is 0.336 e. The second-order valence-corrected chi connectivity index (χ2v) is 10.0. The lowest BCUT2D eigenvalue weighted by Gasteiger charge is -2.34. The standard InChI is InChI=1S/C24H23F2N3O4S/c1-17-4-2-5-18(14-17)16-28-9-3-6-20(24(28)31)23(30)27-10-12-29(13-11-27)34(32,33)22-15-19(25)7-8-21(22)26/h2-9,14-15H,10-13,16H2,1H3. The van der Waals surface area contributed by atoms with E-state index in [1.54, 1.807) is 12.3 Å². The van der Waals surface area contributed by atoms with Crippen molar-refractivity contribution in [3.63, 3.8) is 0 Å². The lowest BCUT2D eigenvalue weighted by Crippen LogP contribution is -2.51. The molecule has 10 heteroatoms. The first-order valence-corrected chi connectivity index (χ1v) is 12.1. The van der Waals surface area contributed by atoms with Crippen molar-refractivity contribution < 1.29 is 22.0 Å². The molecule has 3 aromatic rings. The van der Waals surface area contributed by atoms with Crippen LogP contribution in [0.2, 0.25) is 0 Å². The number of sulfonamides is 1. The maximum Gasteiger partial charge on any atom is 0.263 e. The number of hydrogen-bond acceptors (Lipinski definition) is 4. The molecular weight excluding hydrogens is 464 g/mol. The molecule has 1 aromatic heterocycles. The third-order valence-corrected chi connectivity index (χ3v) is 7.64. The van der Waals surface area contributed by atoms with Gasteiger partial charge in [-0.15, -0.1) is 0 Å². The van der Waals surface area contributed by atoms with E-state index in [4.69, 9.17) is 0 Å². The number of aryl methyl sites for hydroxylation is 1. The van der Waals surface area contributed by atoms with Crippen LogP contribution in [0, 0.1) is 18.6 Å². The number of hydrogen-bond donors (Lipinski definition) is 0. The molecular formula is C24H23F2N3O4S. The van der Waals surface area contributed by atoms with Gasteiger partial charge in [-0.2, -0.15) is 4.31 Å². The van der Waals surface area contributed by atoms with Gasteiger partial charge in [-0.3, -0.25) is 9.59 Å². The van der Waals surface area contributed by atoms with Crippen molar-refractivity contribution in [2.45, 2.75) is 18.4 Å². The van der Waals surface area contributed by atoms with Gasteiger partial charge in [-0.1, -0.05) is 29.8 Å². The first kappa shape index (κ1) is 23.8. The van der Waals surface area contributed by atoms with Crippen LogP contribution < -0.4 is 5.56 Å². The van der Waals surface area contributed by atoms with E-state index in [0.29, 0.717) is 12.6 Å². The van der Waals surface area contributed by atoms with Crippen molar-refractivity contribution in [2.75, 3.05) is 26.2 Å². The summed E-state index contributed by atoms with van der Waals surface area (Å²) in [5, 5.41) is 0. The van der Waals surface area contributed by atoms with Gasteiger partial charge in [0.15, 0.2) is 0 Å². The van der Waals surface area contributed by atoms with Gasteiger partial charge in [-0.25, -0.2) is 17.2 Å². The van der Waals surface area contributed by atoms with Crippen molar-refractivity contribution in [1.82, 2.24) is 13.8 Å². The Morgan fingerprint density at radius 2 is 1.71 bits per heavy atom. The highest BCUT2D eigenvalue weighted by molar-refractivity contribution is 7.89. The SMILES string of the molecule is Cc1cccc(Cn2cccc(C(=O)N3CCN(S(=O)(=O)c4cc(F)ccc4F)CC3)c2=O)c1. The molecule has 0 saturated carbocycles. The van der Waals surface area contributed by atoms with Crippen molar-refractivity contribution in [3.05, 3.63) is 99.5 Å². The van der Waals surface area contributed by atoms with Gasteiger partial charge in [0.25, 0.3) is 11.5 Å². The van der Waals surface area contributed by atoms with Crippen LogP contribution in [0.25, 0.3) is 0 Å². The molecule has 34 heavy (non-hydrogen) atoms.